The lowest BCUT2D eigenvalue weighted by Crippen LogP contribution is -2.18. The van der Waals surface area contributed by atoms with Crippen molar-refractivity contribution in [2.24, 2.45) is 5.73 Å². The van der Waals surface area contributed by atoms with Gasteiger partial charge in [0.05, 0.1) is 0 Å². The molecule has 17 heavy (non-hydrogen) atoms. The number of nitrogens with one attached hydrogen (secondary N) is 1. The zero-order valence-electron chi connectivity index (χ0n) is 8.98. The minimum atomic E-state index is 0.262. The molecule has 0 atom stereocenters. The fourth-order valence-corrected chi connectivity index (χ4v) is 1.80. The second kappa shape index (κ2) is 5.17. The average molecular weight is 263 g/mol. The molecule has 2 rings (SSSR count). The van der Waals surface area contributed by atoms with Crippen molar-refractivity contribution < 1.29 is 0 Å². The van der Waals surface area contributed by atoms with Crippen molar-refractivity contribution in [2.45, 2.75) is 0 Å². The summed E-state index contributed by atoms with van der Waals surface area (Å²) >= 11 is 10.7. The summed E-state index contributed by atoms with van der Waals surface area (Å²) in [5.41, 5.74) is 8.50. The van der Waals surface area contributed by atoms with E-state index < -0.39 is 0 Å². The molecule has 0 spiro atoms. The molecular formula is C13H11ClN2S. The molecule has 86 valence electrons. The monoisotopic (exact) mass is 262 g/mol. The summed E-state index contributed by atoms with van der Waals surface area (Å²) in [6, 6.07) is 15.6. The van der Waals surface area contributed by atoms with Crippen molar-refractivity contribution in [3.05, 3.63) is 53.6 Å². The quantitative estimate of drug-likeness (QED) is 0.811. The molecule has 0 heterocycles. The molecule has 0 saturated carbocycles. The second-order valence-electron chi connectivity index (χ2n) is 3.58. The van der Waals surface area contributed by atoms with Crippen molar-refractivity contribution >= 4 is 34.6 Å². The van der Waals surface area contributed by atoms with Crippen molar-refractivity contribution in [2.75, 3.05) is 5.32 Å². The van der Waals surface area contributed by atoms with Gasteiger partial charge in [-0.1, -0.05) is 35.9 Å². The third kappa shape index (κ3) is 3.19. The molecule has 4 heteroatoms. The van der Waals surface area contributed by atoms with Gasteiger partial charge in [-0.05, 0) is 47.6 Å². The fourth-order valence-electron chi connectivity index (χ4n) is 1.56. The molecule has 0 aliphatic carbocycles. The van der Waals surface area contributed by atoms with Crippen LogP contribution < -0.4 is 11.1 Å². The van der Waals surface area contributed by atoms with E-state index in [2.05, 4.69) is 5.32 Å². The maximum atomic E-state index is 5.85. The highest BCUT2D eigenvalue weighted by Gasteiger charge is 1.99. The Labute approximate surface area is 110 Å². The number of hydrogen-bond donors (Lipinski definition) is 2. The summed E-state index contributed by atoms with van der Waals surface area (Å²) in [6.07, 6.45) is 0. The van der Waals surface area contributed by atoms with Crippen LogP contribution in [0.4, 0.5) is 5.69 Å². The van der Waals surface area contributed by atoms with Gasteiger partial charge in [0.2, 0.25) is 0 Å². The van der Waals surface area contributed by atoms with Gasteiger partial charge < -0.3 is 11.1 Å². The maximum Gasteiger partial charge on any atom is 0.168 e. The Morgan fingerprint density at radius 1 is 1.06 bits per heavy atom. The van der Waals surface area contributed by atoms with Crippen LogP contribution in [0.3, 0.4) is 0 Å². The molecule has 2 aromatic carbocycles. The van der Waals surface area contributed by atoms with E-state index in [4.69, 9.17) is 29.6 Å². The van der Waals surface area contributed by atoms with Gasteiger partial charge in [0, 0.05) is 10.7 Å². The molecule has 0 aromatic heterocycles. The average Bonchev–Trinajstić information content (AvgIpc) is 2.29. The molecule has 0 radical (unpaired) electrons. The third-order valence-electron chi connectivity index (χ3n) is 2.31. The van der Waals surface area contributed by atoms with Gasteiger partial charge in [-0.25, -0.2) is 0 Å². The first-order chi connectivity index (χ1) is 8.15. The predicted octanol–water partition coefficient (Wildman–Crippen LogP) is 3.66. The van der Waals surface area contributed by atoms with E-state index >= 15 is 0 Å². The standard InChI is InChI=1S/C13H11ClN2S/c14-11-6-4-9(5-7-11)10-2-1-3-12(8-10)16-13(15)17/h1-8H,(H3,15,16,17). The Kier molecular flexibility index (Phi) is 3.61. The fraction of sp³-hybridized carbons (Fsp3) is 0. The normalized spacial score (nSPS) is 9.94. The number of halogens is 1. The molecule has 0 bridgehead atoms. The van der Waals surface area contributed by atoms with E-state index in [9.17, 15) is 0 Å². The lowest BCUT2D eigenvalue weighted by molar-refractivity contribution is 1.58. The van der Waals surface area contributed by atoms with Crippen LogP contribution in [0.25, 0.3) is 11.1 Å². The molecule has 2 aromatic rings. The van der Waals surface area contributed by atoms with Crippen LogP contribution in [0.15, 0.2) is 48.5 Å². The van der Waals surface area contributed by atoms with Crippen LogP contribution in [0.1, 0.15) is 0 Å². The second-order valence-corrected chi connectivity index (χ2v) is 4.45. The van der Waals surface area contributed by atoms with E-state index in [1.54, 1.807) is 0 Å². The molecule has 2 nitrogen and oxygen atoms in total. The first-order valence-electron chi connectivity index (χ1n) is 5.07. The summed E-state index contributed by atoms with van der Waals surface area (Å²) in [7, 11) is 0. The van der Waals surface area contributed by atoms with Crippen molar-refractivity contribution in [3.63, 3.8) is 0 Å². The largest absolute Gasteiger partial charge is 0.376 e. The Morgan fingerprint density at radius 3 is 2.41 bits per heavy atom. The Balaban J connectivity index is 2.32. The highest BCUT2D eigenvalue weighted by atomic mass is 35.5. The summed E-state index contributed by atoms with van der Waals surface area (Å²) in [4.78, 5) is 0. The minimum Gasteiger partial charge on any atom is -0.376 e. The number of nitrogens with two attached hydrogens (primary N) is 1. The number of anilines is 1. The van der Waals surface area contributed by atoms with Crippen LogP contribution in [0.2, 0.25) is 5.02 Å². The Morgan fingerprint density at radius 2 is 1.76 bits per heavy atom. The summed E-state index contributed by atoms with van der Waals surface area (Å²) in [6.45, 7) is 0. The van der Waals surface area contributed by atoms with Gasteiger partial charge in [-0.15, -0.1) is 0 Å². The molecule has 0 aliphatic heterocycles. The number of hydrogen-bond acceptors (Lipinski definition) is 1. The van der Waals surface area contributed by atoms with E-state index in [1.165, 1.54) is 0 Å². The zero-order valence-corrected chi connectivity index (χ0v) is 10.6. The van der Waals surface area contributed by atoms with Crippen LogP contribution >= 0.6 is 23.8 Å². The predicted molar refractivity (Wildman–Crippen MR) is 77.3 cm³/mol. The van der Waals surface area contributed by atoms with Gasteiger partial charge in [0.1, 0.15) is 0 Å². The van der Waals surface area contributed by atoms with E-state index in [0.29, 0.717) is 0 Å². The first kappa shape index (κ1) is 11.9. The van der Waals surface area contributed by atoms with E-state index in [0.717, 1.165) is 21.8 Å². The summed E-state index contributed by atoms with van der Waals surface area (Å²) in [5, 5.41) is 3.90. The van der Waals surface area contributed by atoms with Gasteiger partial charge in [-0.3, -0.25) is 0 Å². The van der Waals surface area contributed by atoms with Crippen molar-refractivity contribution in [3.8, 4) is 11.1 Å². The topological polar surface area (TPSA) is 38.0 Å². The van der Waals surface area contributed by atoms with Gasteiger partial charge >= 0.3 is 0 Å². The lowest BCUT2D eigenvalue weighted by atomic mass is 10.1. The van der Waals surface area contributed by atoms with Crippen LogP contribution in [0, 0.1) is 0 Å². The molecule has 0 saturated heterocycles. The minimum absolute atomic E-state index is 0.262. The van der Waals surface area contributed by atoms with E-state index in [1.807, 2.05) is 48.5 Å². The molecule has 0 unspecified atom stereocenters. The molecule has 0 amide bonds. The molecule has 3 N–H and O–H groups in total. The Hall–Kier alpha value is -1.58. The molecular weight excluding hydrogens is 252 g/mol. The van der Waals surface area contributed by atoms with Crippen LogP contribution in [-0.4, -0.2) is 5.11 Å². The smallest absolute Gasteiger partial charge is 0.168 e. The Bertz CT molecular complexity index is 537. The number of rotatable bonds is 2. The number of thiocarbonyl (C=S) groups is 1. The van der Waals surface area contributed by atoms with Crippen LogP contribution in [-0.2, 0) is 0 Å². The van der Waals surface area contributed by atoms with Gasteiger partial charge in [0.25, 0.3) is 0 Å². The SMILES string of the molecule is NC(=S)Nc1cccc(-c2ccc(Cl)cc2)c1. The maximum absolute atomic E-state index is 5.85. The summed E-state index contributed by atoms with van der Waals surface area (Å²) in [5.74, 6) is 0. The van der Waals surface area contributed by atoms with E-state index in [-0.39, 0.29) is 5.11 Å². The van der Waals surface area contributed by atoms with Gasteiger partial charge in [-0.2, -0.15) is 0 Å². The third-order valence-corrected chi connectivity index (χ3v) is 2.66. The summed E-state index contributed by atoms with van der Waals surface area (Å²) < 4.78 is 0. The van der Waals surface area contributed by atoms with Crippen molar-refractivity contribution in [1.29, 1.82) is 0 Å². The lowest BCUT2D eigenvalue weighted by Gasteiger charge is -2.07. The molecule has 0 fully saturated rings. The highest BCUT2D eigenvalue weighted by molar-refractivity contribution is 7.80. The van der Waals surface area contributed by atoms with Crippen LogP contribution in [0.5, 0.6) is 0 Å². The zero-order chi connectivity index (χ0) is 12.3. The molecule has 0 aliphatic rings. The first-order valence-corrected chi connectivity index (χ1v) is 5.86. The highest BCUT2D eigenvalue weighted by Crippen LogP contribution is 2.24. The number of benzene rings is 2. The van der Waals surface area contributed by atoms with Crippen molar-refractivity contribution in [1.82, 2.24) is 0 Å². The van der Waals surface area contributed by atoms with Gasteiger partial charge in [0.15, 0.2) is 5.11 Å².